The lowest BCUT2D eigenvalue weighted by Gasteiger charge is -2.26. The Morgan fingerprint density at radius 2 is 1.71 bits per heavy atom. The molecule has 1 aromatic carbocycles. The number of imidazole rings is 1. The van der Waals surface area contributed by atoms with E-state index in [0.717, 1.165) is 11.0 Å². The molecule has 1 fully saturated rings. The molecule has 0 radical (unpaired) electrons. The lowest BCUT2D eigenvalue weighted by Crippen LogP contribution is -2.41. The number of amides is 1. The number of carbonyl (C=O) groups excluding carboxylic acids is 2. The highest BCUT2D eigenvalue weighted by molar-refractivity contribution is 5.84. The second kappa shape index (κ2) is 5.20. The first-order chi connectivity index (χ1) is 10.1. The van der Waals surface area contributed by atoms with Gasteiger partial charge in [0.25, 0.3) is 0 Å². The summed E-state index contributed by atoms with van der Waals surface area (Å²) in [5.41, 5.74) is 1.37. The van der Waals surface area contributed by atoms with Crippen LogP contribution in [0.1, 0.15) is 12.8 Å². The summed E-state index contributed by atoms with van der Waals surface area (Å²) < 4.78 is 3.04. The second-order valence-corrected chi connectivity index (χ2v) is 5.34. The van der Waals surface area contributed by atoms with Crippen LogP contribution >= 0.6 is 0 Å². The summed E-state index contributed by atoms with van der Waals surface area (Å²) in [7, 11) is 1.70. The van der Waals surface area contributed by atoms with Crippen molar-refractivity contribution in [3.8, 4) is 0 Å². The lowest BCUT2D eigenvalue weighted by molar-refractivity contribution is -0.135. The van der Waals surface area contributed by atoms with Crippen LogP contribution in [0.2, 0.25) is 0 Å². The number of fused-ring (bicyclic) bond motifs is 1. The average molecular weight is 287 g/mol. The Morgan fingerprint density at radius 3 is 2.38 bits per heavy atom. The van der Waals surface area contributed by atoms with Gasteiger partial charge in [-0.25, -0.2) is 4.79 Å². The van der Waals surface area contributed by atoms with Crippen molar-refractivity contribution in [1.29, 1.82) is 0 Å². The summed E-state index contributed by atoms with van der Waals surface area (Å²) in [4.78, 5) is 37.5. The van der Waals surface area contributed by atoms with E-state index in [1.165, 1.54) is 4.57 Å². The van der Waals surface area contributed by atoms with Gasteiger partial charge in [-0.1, -0.05) is 12.1 Å². The summed E-state index contributed by atoms with van der Waals surface area (Å²) >= 11 is 0. The number of rotatable bonds is 2. The third kappa shape index (κ3) is 2.37. The highest BCUT2D eigenvalue weighted by Crippen LogP contribution is 2.12. The first-order valence-corrected chi connectivity index (χ1v) is 7.01. The lowest BCUT2D eigenvalue weighted by atomic mass is 10.1. The van der Waals surface area contributed by atoms with Crippen molar-refractivity contribution in [3.05, 3.63) is 34.7 Å². The molecule has 0 atom stereocenters. The zero-order valence-electron chi connectivity index (χ0n) is 11.9. The number of para-hydroxylation sites is 2. The van der Waals surface area contributed by atoms with Gasteiger partial charge in [-0.15, -0.1) is 0 Å². The molecule has 2 aromatic rings. The topological polar surface area (TPSA) is 64.3 Å². The summed E-state index contributed by atoms with van der Waals surface area (Å²) in [5.74, 6) is 0.0855. The molecule has 1 aliphatic heterocycles. The molecule has 0 aliphatic carbocycles. The van der Waals surface area contributed by atoms with E-state index in [4.69, 9.17) is 0 Å². The van der Waals surface area contributed by atoms with Crippen LogP contribution < -0.4 is 5.69 Å². The SMILES string of the molecule is Cn1c(=O)n(CC(=O)N2CCC(=O)CC2)c2ccccc21. The molecule has 0 bridgehead atoms. The van der Waals surface area contributed by atoms with Crippen LogP contribution in [0.4, 0.5) is 0 Å². The van der Waals surface area contributed by atoms with Gasteiger partial charge in [-0.3, -0.25) is 18.7 Å². The maximum absolute atomic E-state index is 12.3. The fourth-order valence-electron chi connectivity index (χ4n) is 2.76. The summed E-state index contributed by atoms with van der Waals surface area (Å²) in [6, 6.07) is 7.41. The standard InChI is InChI=1S/C15H17N3O3/c1-16-12-4-2-3-5-13(12)18(15(16)21)10-14(20)17-8-6-11(19)7-9-17/h2-5H,6-10H2,1H3. The largest absolute Gasteiger partial charge is 0.340 e. The van der Waals surface area contributed by atoms with Gasteiger partial charge in [-0.2, -0.15) is 0 Å². The van der Waals surface area contributed by atoms with Crippen molar-refractivity contribution in [2.24, 2.45) is 7.05 Å². The fourth-order valence-corrected chi connectivity index (χ4v) is 2.76. The molecule has 110 valence electrons. The van der Waals surface area contributed by atoms with Crippen LogP contribution in [0.15, 0.2) is 29.1 Å². The van der Waals surface area contributed by atoms with E-state index in [2.05, 4.69) is 0 Å². The Kier molecular flexibility index (Phi) is 3.37. The minimum atomic E-state index is -0.197. The van der Waals surface area contributed by atoms with Crippen LogP contribution in [-0.4, -0.2) is 38.8 Å². The van der Waals surface area contributed by atoms with Crippen molar-refractivity contribution >= 4 is 22.7 Å². The van der Waals surface area contributed by atoms with E-state index < -0.39 is 0 Å². The number of ketones is 1. The van der Waals surface area contributed by atoms with Crippen LogP contribution in [-0.2, 0) is 23.2 Å². The number of nitrogens with zero attached hydrogens (tertiary/aromatic N) is 3. The van der Waals surface area contributed by atoms with Gasteiger partial charge in [-0.05, 0) is 12.1 Å². The summed E-state index contributed by atoms with van der Waals surface area (Å²) in [6.07, 6.45) is 0.826. The number of hydrogen-bond acceptors (Lipinski definition) is 3. The number of aryl methyl sites for hydroxylation is 1. The first-order valence-electron chi connectivity index (χ1n) is 7.01. The van der Waals surface area contributed by atoms with Crippen LogP contribution in [0.3, 0.4) is 0 Å². The number of aromatic nitrogens is 2. The van der Waals surface area contributed by atoms with Crippen LogP contribution in [0, 0.1) is 0 Å². The number of hydrogen-bond donors (Lipinski definition) is 0. The van der Waals surface area contributed by atoms with Gasteiger partial charge in [0.1, 0.15) is 12.3 Å². The Hall–Kier alpha value is -2.37. The van der Waals surface area contributed by atoms with E-state index in [9.17, 15) is 14.4 Å². The zero-order chi connectivity index (χ0) is 15.0. The third-order valence-electron chi connectivity index (χ3n) is 4.02. The van der Waals surface area contributed by atoms with Crippen LogP contribution in [0.25, 0.3) is 11.0 Å². The number of piperidine rings is 1. The Bertz CT molecular complexity index is 762. The molecular formula is C15H17N3O3. The smallest absolute Gasteiger partial charge is 0.329 e. The number of likely N-dealkylation sites (tertiary alicyclic amines) is 1. The molecule has 0 spiro atoms. The first kappa shape index (κ1) is 13.6. The summed E-state index contributed by atoms with van der Waals surface area (Å²) in [5, 5.41) is 0. The molecule has 0 N–H and O–H groups in total. The number of benzene rings is 1. The maximum Gasteiger partial charge on any atom is 0.329 e. The normalized spacial score (nSPS) is 15.7. The van der Waals surface area contributed by atoms with E-state index >= 15 is 0 Å². The Morgan fingerprint density at radius 1 is 1.10 bits per heavy atom. The quantitative estimate of drug-likeness (QED) is 0.809. The van der Waals surface area contributed by atoms with Gasteiger partial charge >= 0.3 is 5.69 Å². The molecule has 0 saturated carbocycles. The number of carbonyl (C=O) groups is 2. The molecule has 21 heavy (non-hydrogen) atoms. The maximum atomic E-state index is 12.3. The van der Waals surface area contributed by atoms with Crippen LogP contribution in [0.5, 0.6) is 0 Å². The van der Waals surface area contributed by atoms with E-state index in [0.29, 0.717) is 25.9 Å². The molecule has 1 amide bonds. The number of Topliss-reactive ketones (excluding diaryl/α,β-unsaturated/α-hetero) is 1. The van der Waals surface area contributed by atoms with Gasteiger partial charge in [0.05, 0.1) is 11.0 Å². The highest BCUT2D eigenvalue weighted by atomic mass is 16.2. The van der Waals surface area contributed by atoms with Gasteiger partial charge in [0.15, 0.2) is 0 Å². The third-order valence-corrected chi connectivity index (χ3v) is 4.02. The van der Waals surface area contributed by atoms with Crippen molar-refractivity contribution in [1.82, 2.24) is 14.0 Å². The van der Waals surface area contributed by atoms with E-state index in [-0.39, 0.29) is 23.9 Å². The molecule has 1 saturated heterocycles. The molecule has 6 heteroatoms. The molecule has 1 aromatic heterocycles. The monoisotopic (exact) mass is 287 g/mol. The highest BCUT2D eigenvalue weighted by Gasteiger charge is 2.22. The van der Waals surface area contributed by atoms with Crippen molar-refractivity contribution < 1.29 is 9.59 Å². The molecule has 2 heterocycles. The van der Waals surface area contributed by atoms with Gasteiger partial charge < -0.3 is 4.90 Å². The molecule has 3 rings (SSSR count). The van der Waals surface area contributed by atoms with Crippen molar-refractivity contribution in [2.45, 2.75) is 19.4 Å². The zero-order valence-corrected chi connectivity index (χ0v) is 11.9. The second-order valence-electron chi connectivity index (χ2n) is 5.34. The predicted octanol–water partition coefficient (Wildman–Crippen LogP) is 0.532. The fraction of sp³-hybridized carbons (Fsp3) is 0.400. The minimum absolute atomic E-state index is 0.0222. The minimum Gasteiger partial charge on any atom is -0.340 e. The average Bonchev–Trinajstić information content (AvgIpc) is 2.73. The van der Waals surface area contributed by atoms with Crippen molar-refractivity contribution in [3.63, 3.8) is 0 Å². The van der Waals surface area contributed by atoms with Gasteiger partial charge in [0.2, 0.25) is 5.91 Å². The van der Waals surface area contributed by atoms with E-state index in [1.54, 1.807) is 16.5 Å². The summed E-state index contributed by atoms with van der Waals surface area (Å²) in [6.45, 7) is 0.933. The molecular weight excluding hydrogens is 270 g/mol. The van der Waals surface area contributed by atoms with Gasteiger partial charge in [0, 0.05) is 33.0 Å². The predicted molar refractivity (Wildman–Crippen MR) is 78.0 cm³/mol. The van der Waals surface area contributed by atoms with E-state index in [1.807, 2.05) is 24.3 Å². The Labute approximate surface area is 121 Å². The molecule has 0 unspecified atom stereocenters. The Balaban J connectivity index is 1.88. The molecule has 6 nitrogen and oxygen atoms in total. The molecule has 1 aliphatic rings. The van der Waals surface area contributed by atoms with Crippen molar-refractivity contribution in [2.75, 3.05) is 13.1 Å².